The van der Waals surface area contributed by atoms with E-state index in [0.717, 1.165) is 0 Å². The van der Waals surface area contributed by atoms with Gasteiger partial charge in [-0.25, -0.2) is 0 Å². The highest BCUT2D eigenvalue weighted by molar-refractivity contribution is 8.04. The molecule has 0 heterocycles. The minimum atomic E-state index is 0.606. The number of thioether (sulfide) groups is 3. The van der Waals surface area contributed by atoms with Gasteiger partial charge < -0.3 is 0 Å². The lowest BCUT2D eigenvalue weighted by molar-refractivity contribution is 1.08. The van der Waals surface area contributed by atoms with E-state index in [2.05, 4.69) is 110 Å². The highest BCUT2D eigenvalue weighted by Gasteiger charge is 2.15. The molecule has 0 aromatic heterocycles. The summed E-state index contributed by atoms with van der Waals surface area (Å²) in [6, 6.07) is 21.9. The molecule has 2 rings (SSSR count). The summed E-state index contributed by atoms with van der Waals surface area (Å²) in [7, 11) is 0. The van der Waals surface area contributed by atoms with Crippen LogP contribution in [0.4, 0.5) is 0 Å². The fourth-order valence-corrected chi connectivity index (χ4v) is 6.30. The van der Waals surface area contributed by atoms with Crippen LogP contribution in [-0.2, 0) is 0 Å². The van der Waals surface area contributed by atoms with Crippen molar-refractivity contribution < 1.29 is 0 Å². The van der Waals surface area contributed by atoms with E-state index in [0.29, 0.717) is 10.5 Å². The van der Waals surface area contributed by atoms with Crippen LogP contribution in [0.3, 0.4) is 0 Å². The summed E-state index contributed by atoms with van der Waals surface area (Å²) in [6.45, 7) is 4.51. The molecular formula is C20H26S3. The number of benzene rings is 2. The Morgan fingerprint density at radius 1 is 0.652 bits per heavy atom. The highest BCUT2D eigenvalue weighted by atomic mass is 32.2. The zero-order valence-corrected chi connectivity index (χ0v) is 16.4. The van der Waals surface area contributed by atoms with Gasteiger partial charge in [-0.2, -0.15) is 35.3 Å². The van der Waals surface area contributed by atoms with Crippen molar-refractivity contribution in [1.29, 1.82) is 0 Å². The summed E-state index contributed by atoms with van der Waals surface area (Å²) in [4.78, 5) is 0. The van der Waals surface area contributed by atoms with Crippen molar-refractivity contribution in [1.82, 2.24) is 0 Å². The van der Waals surface area contributed by atoms with Gasteiger partial charge in [0.1, 0.15) is 0 Å². The first-order valence-corrected chi connectivity index (χ1v) is 11.5. The van der Waals surface area contributed by atoms with Crippen LogP contribution in [0.5, 0.6) is 0 Å². The molecule has 23 heavy (non-hydrogen) atoms. The Morgan fingerprint density at radius 3 is 1.39 bits per heavy atom. The summed E-state index contributed by atoms with van der Waals surface area (Å²) < 4.78 is 0. The van der Waals surface area contributed by atoms with Crippen molar-refractivity contribution >= 4 is 35.3 Å². The van der Waals surface area contributed by atoms with Crippen molar-refractivity contribution in [2.24, 2.45) is 0 Å². The van der Waals surface area contributed by atoms with Gasteiger partial charge >= 0.3 is 0 Å². The third-order valence-corrected chi connectivity index (χ3v) is 7.53. The zero-order valence-electron chi connectivity index (χ0n) is 14.0. The average molecular weight is 363 g/mol. The first-order valence-electron chi connectivity index (χ1n) is 8.26. The van der Waals surface area contributed by atoms with Crippen LogP contribution in [0.2, 0.25) is 0 Å². The topological polar surface area (TPSA) is 0 Å². The van der Waals surface area contributed by atoms with Crippen molar-refractivity contribution in [3.63, 3.8) is 0 Å². The fraction of sp³-hybridized carbons (Fsp3) is 0.400. The molecule has 0 aliphatic heterocycles. The van der Waals surface area contributed by atoms with Gasteiger partial charge in [0.2, 0.25) is 0 Å². The largest absolute Gasteiger partial charge is 0.159 e. The van der Waals surface area contributed by atoms with E-state index in [1.54, 1.807) is 0 Å². The lowest BCUT2D eigenvalue weighted by Crippen LogP contribution is -2.03. The molecule has 0 radical (unpaired) electrons. The van der Waals surface area contributed by atoms with E-state index < -0.39 is 0 Å². The minimum Gasteiger partial charge on any atom is -0.159 e. The molecule has 2 aromatic carbocycles. The predicted molar refractivity (Wildman–Crippen MR) is 112 cm³/mol. The van der Waals surface area contributed by atoms with E-state index in [9.17, 15) is 0 Å². The Hall–Kier alpha value is -0.510. The summed E-state index contributed by atoms with van der Waals surface area (Å²) in [6.07, 6.45) is 0. The molecule has 0 saturated carbocycles. The zero-order chi connectivity index (χ0) is 16.3. The summed E-state index contributed by atoms with van der Waals surface area (Å²) >= 11 is 6.22. The molecule has 0 nitrogen and oxygen atoms in total. The first-order chi connectivity index (χ1) is 11.3. The van der Waals surface area contributed by atoms with E-state index >= 15 is 0 Å². The molecule has 0 N–H and O–H groups in total. The van der Waals surface area contributed by atoms with Crippen LogP contribution in [0.25, 0.3) is 0 Å². The fourth-order valence-electron chi connectivity index (χ4n) is 2.50. The van der Waals surface area contributed by atoms with Crippen molar-refractivity contribution in [3.05, 3.63) is 71.8 Å². The Balaban J connectivity index is 1.92. The van der Waals surface area contributed by atoms with Crippen molar-refractivity contribution in [2.45, 2.75) is 24.3 Å². The Labute approximate surface area is 154 Å². The maximum Gasteiger partial charge on any atom is 0.0387 e. The summed E-state index contributed by atoms with van der Waals surface area (Å²) in [5.41, 5.74) is 2.93. The molecule has 0 unspecified atom stereocenters. The molecule has 2 aromatic rings. The second-order valence-corrected chi connectivity index (χ2v) is 9.28. The van der Waals surface area contributed by atoms with Crippen molar-refractivity contribution in [2.75, 3.05) is 23.0 Å². The minimum absolute atomic E-state index is 0.606. The standard InChI is InChI=1S/C20H26S3/c1-3-22-19(17-11-7-5-8-12-17)15-21-16-20(23-4-2)18-13-9-6-10-14-18/h5-14,19-20H,3-4,15-16H2,1-2H3/t19-,20-/m0/s1. The van der Waals surface area contributed by atoms with E-state index in [1.165, 1.54) is 34.1 Å². The lowest BCUT2D eigenvalue weighted by Gasteiger charge is -2.19. The van der Waals surface area contributed by atoms with Crippen LogP contribution >= 0.6 is 35.3 Å². The number of hydrogen-bond acceptors (Lipinski definition) is 3. The molecule has 124 valence electrons. The molecule has 0 spiro atoms. The molecular weight excluding hydrogens is 336 g/mol. The van der Waals surface area contributed by atoms with Gasteiger partial charge in [0.25, 0.3) is 0 Å². The molecule has 0 aliphatic rings. The molecule has 2 atom stereocenters. The normalized spacial score (nSPS) is 13.7. The predicted octanol–water partition coefficient (Wildman–Crippen LogP) is 6.71. The summed E-state index contributed by atoms with van der Waals surface area (Å²) in [5.74, 6) is 4.73. The Morgan fingerprint density at radius 2 is 1.04 bits per heavy atom. The summed E-state index contributed by atoms with van der Waals surface area (Å²) in [5, 5.41) is 1.21. The van der Waals surface area contributed by atoms with E-state index in [-0.39, 0.29) is 0 Å². The van der Waals surface area contributed by atoms with Gasteiger partial charge in [-0.1, -0.05) is 74.5 Å². The van der Waals surface area contributed by atoms with Gasteiger partial charge in [0.05, 0.1) is 0 Å². The molecule has 0 fully saturated rings. The maximum atomic E-state index is 2.27. The Kier molecular flexibility index (Phi) is 9.10. The smallest absolute Gasteiger partial charge is 0.0387 e. The molecule has 0 bridgehead atoms. The molecule has 0 amide bonds. The SMILES string of the molecule is CCS[C@@H](CSC[C@H](SCC)c1ccccc1)c1ccccc1. The highest BCUT2D eigenvalue weighted by Crippen LogP contribution is 2.36. The van der Waals surface area contributed by atoms with Gasteiger partial charge in [0, 0.05) is 22.0 Å². The second-order valence-electron chi connectivity index (χ2n) is 5.25. The third-order valence-electron chi connectivity index (χ3n) is 3.62. The molecule has 0 saturated heterocycles. The quantitative estimate of drug-likeness (QED) is 0.461. The lowest BCUT2D eigenvalue weighted by atomic mass is 10.2. The van der Waals surface area contributed by atoms with Crippen LogP contribution < -0.4 is 0 Å². The number of hydrogen-bond donors (Lipinski definition) is 0. The van der Waals surface area contributed by atoms with Crippen LogP contribution in [0.15, 0.2) is 60.7 Å². The average Bonchev–Trinajstić information content (AvgIpc) is 2.61. The van der Waals surface area contributed by atoms with Gasteiger partial charge in [0.15, 0.2) is 0 Å². The monoisotopic (exact) mass is 362 g/mol. The van der Waals surface area contributed by atoms with Gasteiger partial charge in [-0.3, -0.25) is 0 Å². The molecule has 3 heteroatoms. The molecule has 0 aliphatic carbocycles. The Bertz CT molecular complexity index is 478. The van der Waals surface area contributed by atoms with Crippen LogP contribution in [0, 0.1) is 0 Å². The maximum absolute atomic E-state index is 2.27. The first kappa shape index (κ1) is 18.8. The van der Waals surface area contributed by atoms with Crippen LogP contribution in [-0.4, -0.2) is 23.0 Å². The second kappa shape index (κ2) is 11.1. The van der Waals surface area contributed by atoms with Gasteiger partial charge in [-0.05, 0) is 22.6 Å². The third kappa shape index (κ3) is 6.48. The van der Waals surface area contributed by atoms with E-state index in [1.807, 2.05) is 0 Å². The van der Waals surface area contributed by atoms with Crippen molar-refractivity contribution in [3.8, 4) is 0 Å². The van der Waals surface area contributed by atoms with E-state index in [4.69, 9.17) is 0 Å². The van der Waals surface area contributed by atoms with Crippen LogP contribution in [0.1, 0.15) is 35.5 Å². The number of rotatable bonds is 10. The van der Waals surface area contributed by atoms with Gasteiger partial charge in [-0.15, -0.1) is 0 Å².